The molecule has 1 aromatic heterocycles. The van der Waals surface area contributed by atoms with Gasteiger partial charge in [-0.3, -0.25) is 9.89 Å². The maximum atomic E-state index is 11.4. The molecule has 0 saturated heterocycles. The van der Waals surface area contributed by atoms with Gasteiger partial charge in [-0.1, -0.05) is 6.92 Å². The van der Waals surface area contributed by atoms with E-state index in [1.54, 1.807) is 6.20 Å². The molecule has 70 valence electrons. The minimum absolute atomic E-state index is 0.169. The van der Waals surface area contributed by atoms with Crippen LogP contribution in [-0.4, -0.2) is 16.1 Å². The molecule has 2 rings (SSSR count). The van der Waals surface area contributed by atoms with Crippen LogP contribution in [0.2, 0.25) is 0 Å². The Morgan fingerprint density at radius 1 is 1.85 bits per heavy atom. The standard InChI is InChI=1S/C9H13N3O/c1-6-4-8(6)9(13)10-5-7-2-3-11-12-7/h2-3,6,8H,4-5H2,1H3,(H,10,13)(H,11,12). The average Bonchev–Trinajstić information content (AvgIpc) is 2.68. The van der Waals surface area contributed by atoms with Gasteiger partial charge in [-0.25, -0.2) is 0 Å². The van der Waals surface area contributed by atoms with E-state index in [2.05, 4.69) is 22.4 Å². The number of rotatable bonds is 3. The average molecular weight is 179 g/mol. The van der Waals surface area contributed by atoms with Gasteiger partial charge in [0.25, 0.3) is 0 Å². The molecular formula is C9H13N3O. The van der Waals surface area contributed by atoms with Gasteiger partial charge in [-0.2, -0.15) is 5.10 Å². The Kier molecular flexibility index (Phi) is 2.04. The van der Waals surface area contributed by atoms with E-state index >= 15 is 0 Å². The van der Waals surface area contributed by atoms with Gasteiger partial charge < -0.3 is 5.32 Å². The molecule has 0 aliphatic heterocycles. The van der Waals surface area contributed by atoms with Crippen LogP contribution in [0.5, 0.6) is 0 Å². The Hall–Kier alpha value is -1.32. The van der Waals surface area contributed by atoms with Crippen molar-refractivity contribution >= 4 is 5.91 Å². The first-order valence-corrected chi connectivity index (χ1v) is 4.53. The first-order valence-electron chi connectivity index (χ1n) is 4.53. The fourth-order valence-corrected chi connectivity index (χ4v) is 1.38. The number of aromatic amines is 1. The van der Waals surface area contributed by atoms with Crippen LogP contribution < -0.4 is 5.32 Å². The van der Waals surface area contributed by atoms with Crippen LogP contribution in [0.25, 0.3) is 0 Å². The highest BCUT2D eigenvalue weighted by atomic mass is 16.2. The first kappa shape index (κ1) is 8.29. The maximum absolute atomic E-state index is 11.4. The number of nitrogens with zero attached hydrogens (tertiary/aromatic N) is 1. The summed E-state index contributed by atoms with van der Waals surface area (Å²) in [6, 6.07) is 1.86. The van der Waals surface area contributed by atoms with E-state index in [1.165, 1.54) is 0 Å². The summed E-state index contributed by atoms with van der Waals surface area (Å²) in [7, 11) is 0. The zero-order chi connectivity index (χ0) is 9.26. The highest BCUT2D eigenvalue weighted by molar-refractivity contribution is 5.81. The third-order valence-corrected chi connectivity index (χ3v) is 2.46. The van der Waals surface area contributed by atoms with Crippen molar-refractivity contribution in [2.24, 2.45) is 11.8 Å². The number of aromatic nitrogens is 2. The topological polar surface area (TPSA) is 57.8 Å². The monoisotopic (exact) mass is 179 g/mol. The molecule has 0 radical (unpaired) electrons. The molecule has 4 nitrogen and oxygen atoms in total. The second kappa shape index (κ2) is 3.20. The molecule has 13 heavy (non-hydrogen) atoms. The number of nitrogens with one attached hydrogen (secondary N) is 2. The van der Waals surface area contributed by atoms with Gasteiger partial charge >= 0.3 is 0 Å². The number of carbonyl (C=O) groups excluding carboxylic acids is 1. The van der Waals surface area contributed by atoms with Crippen molar-refractivity contribution in [2.75, 3.05) is 0 Å². The van der Waals surface area contributed by atoms with Crippen LogP contribution >= 0.6 is 0 Å². The van der Waals surface area contributed by atoms with Gasteiger partial charge in [-0.05, 0) is 18.4 Å². The number of hydrogen-bond donors (Lipinski definition) is 2. The fraction of sp³-hybridized carbons (Fsp3) is 0.556. The fourth-order valence-electron chi connectivity index (χ4n) is 1.38. The molecule has 2 unspecified atom stereocenters. The normalized spacial score (nSPS) is 25.6. The van der Waals surface area contributed by atoms with Crippen LogP contribution in [0.3, 0.4) is 0 Å². The van der Waals surface area contributed by atoms with Gasteiger partial charge in [-0.15, -0.1) is 0 Å². The lowest BCUT2D eigenvalue weighted by atomic mass is 10.3. The van der Waals surface area contributed by atoms with E-state index in [0.717, 1.165) is 12.1 Å². The summed E-state index contributed by atoms with van der Waals surface area (Å²) in [5.74, 6) is 0.992. The molecule has 1 aromatic rings. The van der Waals surface area contributed by atoms with Gasteiger partial charge in [0.05, 0.1) is 12.2 Å². The predicted molar refractivity (Wildman–Crippen MR) is 47.7 cm³/mol. The molecule has 0 bridgehead atoms. The molecular weight excluding hydrogens is 166 g/mol. The van der Waals surface area contributed by atoms with Gasteiger partial charge in [0.2, 0.25) is 5.91 Å². The minimum Gasteiger partial charge on any atom is -0.350 e. The van der Waals surface area contributed by atoms with Crippen LogP contribution in [-0.2, 0) is 11.3 Å². The molecule has 1 saturated carbocycles. The number of amides is 1. The molecule has 1 aliphatic carbocycles. The lowest BCUT2D eigenvalue weighted by Gasteiger charge is -2.01. The molecule has 0 spiro atoms. The molecule has 1 amide bonds. The lowest BCUT2D eigenvalue weighted by Crippen LogP contribution is -2.24. The summed E-state index contributed by atoms with van der Waals surface area (Å²) in [5, 5.41) is 9.46. The molecule has 0 aromatic carbocycles. The number of hydrogen-bond acceptors (Lipinski definition) is 2. The Morgan fingerprint density at radius 3 is 3.15 bits per heavy atom. The van der Waals surface area contributed by atoms with E-state index < -0.39 is 0 Å². The second-order valence-electron chi connectivity index (χ2n) is 3.62. The maximum Gasteiger partial charge on any atom is 0.223 e. The molecule has 4 heteroatoms. The molecule has 1 heterocycles. The van der Waals surface area contributed by atoms with Crippen molar-refractivity contribution in [3.8, 4) is 0 Å². The summed E-state index contributed by atoms with van der Waals surface area (Å²) in [6.07, 6.45) is 2.72. The zero-order valence-corrected chi connectivity index (χ0v) is 7.58. The summed E-state index contributed by atoms with van der Waals surface area (Å²) in [4.78, 5) is 11.4. The highest BCUT2D eigenvalue weighted by Gasteiger charge is 2.38. The van der Waals surface area contributed by atoms with Gasteiger partial charge in [0.15, 0.2) is 0 Å². The molecule has 2 N–H and O–H groups in total. The highest BCUT2D eigenvalue weighted by Crippen LogP contribution is 2.37. The third-order valence-electron chi connectivity index (χ3n) is 2.46. The number of carbonyl (C=O) groups is 1. The number of H-pyrrole nitrogens is 1. The Labute approximate surface area is 76.7 Å². The molecule has 2 atom stereocenters. The summed E-state index contributed by atoms with van der Waals surface area (Å²) in [5.41, 5.74) is 0.946. The van der Waals surface area contributed by atoms with E-state index in [1.807, 2.05) is 6.07 Å². The molecule has 1 aliphatic rings. The summed E-state index contributed by atoms with van der Waals surface area (Å²) < 4.78 is 0. The quantitative estimate of drug-likeness (QED) is 0.717. The van der Waals surface area contributed by atoms with Crippen molar-refractivity contribution in [3.05, 3.63) is 18.0 Å². The summed E-state index contributed by atoms with van der Waals surface area (Å²) >= 11 is 0. The summed E-state index contributed by atoms with van der Waals surface area (Å²) in [6.45, 7) is 2.66. The Balaban J connectivity index is 1.77. The Morgan fingerprint density at radius 2 is 2.62 bits per heavy atom. The van der Waals surface area contributed by atoms with Crippen molar-refractivity contribution in [3.63, 3.8) is 0 Å². The van der Waals surface area contributed by atoms with Crippen LogP contribution in [0.15, 0.2) is 12.3 Å². The predicted octanol–water partition coefficient (Wildman–Crippen LogP) is 0.682. The van der Waals surface area contributed by atoms with Crippen LogP contribution in [0.4, 0.5) is 0 Å². The van der Waals surface area contributed by atoms with E-state index in [9.17, 15) is 4.79 Å². The Bertz CT molecular complexity index is 294. The lowest BCUT2D eigenvalue weighted by molar-refractivity contribution is -0.122. The van der Waals surface area contributed by atoms with Crippen molar-refractivity contribution < 1.29 is 4.79 Å². The minimum atomic E-state index is 0.169. The van der Waals surface area contributed by atoms with Crippen molar-refractivity contribution in [2.45, 2.75) is 19.9 Å². The van der Waals surface area contributed by atoms with E-state index in [0.29, 0.717) is 12.5 Å². The first-order chi connectivity index (χ1) is 6.27. The van der Waals surface area contributed by atoms with E-state index in [4.69, 9.17) is 0 Å². The van der Waals surface area contributed by atoms with Crippen molar-refractivity contribution in [1.82, 2.24) is 15.5 Å². The largest absolute Gasteiger partial charge is 0.350 e. The van der Waals surface area contributed by atoms with Crippen LogP contribution in [0.1, 0.15) is 19.0 Å². The molecule has 1 fully saturated rings. The van der Waals surface area contributed by atoms with Crippen molar-refractivity contribution in [1.29, 1.82) is 0 Å². The SMILES string of the molecule is CC1CC1C(=O)NCc1ccn[nH]1. The zero-order valence-electron chi connectivity index (χ0n) is 7.58. The second-order valence-corrected chi connectivity index (χ2v) is 3.62. The van der Waals surface area contributed by atoms with E-state index in [-0.39, 0.29) is 11.8 Å². The van der Waals surface area contributed by atoms with Crippen LogP contribution in [0, 0.1) is 11.8 Å². The smallest absolute Gasteiger partial charge is 0.223 e. The third kappa shape index (κ3) is 1.88. The van der Waals surface area contributed by atoms with Gasteiger partial charge in [0.1, 0.15) is 0 Å². The van der Waals surface area contributed by atoms with Gasteiger partial charge in [0, 0.05) is 12.1 Å².